The fourth-order valence-corrected chi connectivity index (χ4v) is 3.98. The molecule has 0 spiro atoms. The molecule has 0 aliphatic carbocycles. The van der Waals surface area contributed by atoms with Crippen molar-refractivity contribution in [2.75, 3.05) is 13.1 Å². The number of likely N-dealkylation sites (tertiary alicyclic amines) is 1. The van der Waals surface area contributed by atoms with Gasteiger partial charge in [-0.2, -0.15) is 0 Å². The Balaban J connectivity index is 1.62. The zero-order chi connectivity index (χ0) is 21.2. The Labute approximate surface area is 176 Å². The molecule has 1 N–H and O–H groups in total. The maximum Gasteiger partial charge on any atom is 0.253 e. The molecule has 29 heavy (non-hydrogen) atoms. The first-order valence-electron chi connectivity index (χ1n) is 9.54. The molecule has 1 unspecified atom stereocenters. The smallest absolute Gasteiger partial charge is 0.253 e. The summed E-state index contributed by atoms with van der Waals surface area (Å²) in [5.74, 6) is -0.244. The van der Waals surface area contributed by atoms with Gasteiger partial charge < -0.3 is 10.2 Å². The number of piperidine rings is 1. The molecule has 10 heteroatoms. The number of rotatable bonds is 5. The molecule has 0 saturated carbocycles. The van der Waals surface area contributed by atoms with Gasteiger partial charge in [0.2, 0.25) is 0 Å². The Morgan fingerprint density at radius 2 is 2.03 bits per heavy atom. The molecule has 2 heterocycles. The maximum atomic E-state index is 15.5. The summed E-state index contributed by atoms with van der Waals surface area (Å²) < 4.78 is 28.9. The Kier molecular flexibility index (Phi) is 6.29. The van der Waals surface area contributed by atoms with Crippen LogP contribution in [0.3, 0.4) is 0 Å². The van der Waals surface area contributed by atoms with Gasteiger partial charge in [0, 0.05) is 37.5 Å². The van der Waals surface area contributed by atoms with Gasteiger partial charge in [0.05, 0.1) is 11.6 Å². The summed E-state index contributed by atoms with van der Waals surface area (Å²) >= 11 is 5.81. The lowest BCUT2D eigenvalue weighted by Crippen LogP contribution is -2.62. The van der Waals surface area contributed by atoms with Crippen LogP contribution >= 0.6 is 11.6 Å². The number of nitrogens with zero attached hydrogens (tertiary/aromatic N) is 3. The average Bonchev–Trinajstić information content (AvgIpc) is 2.64. The highest BCUT2D eigenvalue weighted by Gasteiger charge is 2.45. The van der Waals surface area contributed by atoms with E-state index in [2.05, 4.69) is 15.3 Å². The molecule has 1 aromatic carbocycles. The van der Waals surface area contributed by atoms with Gasteiger partial charge in [0.1, 0.15) is 33.0 Å². The number of benzene rings is 1. The molecule has 152 valence electrons. The molecule has 1 aliphatic rings. The van der Waals surface area contributed by atoms with Crippen LogP contribution in [-0.4, -0.2) is 60.6 Å². The average molecular weight is 418 g/mol. The van der Waals surface area contributed by atoms with E-state index in [1.165, 1.54) is 18.2 Å². The molecule has 0 bridgehead atoms. The highest BCUT2D eigenvalue weighted by molar-refractivity contribution is 6.41. The van der Waals surface area contributed by atoms with Crippen molar-refractivity contribution in [2.45, 2.75) is 37.3 Å². The fourth-order valence-electron chi connectivity index (χ4n) is 3.80. The minimum Gasteiger partial charge on any atom is -0.349 e. The van der Waals surface area contributed by atoms with Gasteiger partial charge in [-0.3, -0.25) is 4.79 Å². The molecule has 1 saturated heterocycles. The van der Waals surface area contributed by atoms with E-state index in [1.807, 2.05) is 22.6 Å². The second-order valence-electron chi connectivity index (χ2n) is 8.26. The first kappa shape index (κ1) is 21.7. The molecule has 5 nitrogen and oxygen atoms in total. The summed E-state index contributed by atoms with van der Waals surface area (Å²) in [5.41, 5.74) is -0.187. The van der Waals surface area contributed by atoms with E-state index in [4.69, 9.17) is 11.6 Å². The lowest BCUT2D eigenvalue weighted by atomic mass is 9.54. The first-order valence-corrected chi connectivity index (χ1v) is 9.92. The number of carbonyl (C=O) groups is 1. The fraction of sp³-hybridized carbons (Fsp3) is 0.421. The number of hydrogen-bond donors (Lipinski definition) is 1. The van der Waals surface area contributed by atoms with Crippen molar-refractivity contribution in [1.29, 1.82) is 0 Å². The SMILES string of the molecule is BC1(B)CC(F)(CNCc2ncc(C)cn2)CCN1C(=O)c1ccc(F)c(Cl)c1. The Hall–Kier alpha value is -1.99. The minimum absolute atomic E-state index is 0.104. The van der Waals surface area contributed by atoms with Crippen LogP contribution in [0.15, 0.2) is 30.6 Å². The van der Waals surface area contributed by atoms with E-state index in [1.54, 1.807) is 17.3 Å². The van der Waals surface area contributed by atoms with Crippen LogP contribution in [0.4, 0.5) is 8.78 Å². The van der Waals surface area contributed by atoms with Crippen molar-refractivity contribution in [3.05, 3.63) is 58.4 Å². The van der Waals surface area contributed by atoms with E-state index in [0.717, 1.165) is 5.56 Å². The number of carbonyl (C=O) groups excluding carboxylic acids is 1. The van der Waals surface area contributed by atoms with E-state index >= 15 is 4.39 Å². The van der Waals surface area contributed by atoms with Crippen LogP contribution in [0.2, 0.25) is 5.02 Å². The van der Waals surface area contributed by atoms with Crippen molar-refractivity contribution < 1.29 is 13.6 Å². The van der Waals surface area contributed by atoms with Crippen molar-refractivity contribution in [3.8, 4) is 0 Å². The van der Waals surface area contributed by atoms with E-state index in [9.17, 15) is 9.18 Å². The van der Waals surface area contributed by atoms with Crippen molar-refractivity contribution >= 4 is 33.2 Å². The van der Waals surface area contributed by atoms with Crippen molar-refractivity contribution in [2.24, 2.45) is 0 Å². The minimum atomic E-state index is -1.45. The first-order chi connectivity index (χ1) is 13.6. The summed E-state index contributed by atoms with van der Waals surface area (Å²) in [7, 11) is 3.68. The van der Waals surface area contributed by atoms with Gasteiger partial charge in [-0.05, 0) is 42.4 Å². The van der Waals surface area contributed by atoms with Gasteiger partial charge in [-0.15, -0.1) is 0 Å². The monoisotopic (exact) mass is 418 g/mol. The van der Waals surface area contributed by atoms with Crippen LogP contribution < -0.4 is 5.32 Å². The van der Waals surface area contributed by atoms with Gasteiger partial charge in [0.15, 0.2) is 0 Å². The zero-order valence-electron chi connectivity index (χ0n) is 16.8. The summed E-state index contributed by atoms with van der Waals surface area (Å²) in [4.78, 5) is 23.0. The van der Waals surface area contributed by atoms with E-state index < -0.39 is 16.8 Å². The van der Waals surface area contributed by atoms with E-state index in [0.29, 0.717) is 17.9 Å². The Bertz CT molecular complexity index is 900. The van der Waals surface area contributed by atoms with E-state index in [-0.39, 0.29) is 36.9 Å². The standard InChI is InChI=1S/C19H23B2ClF2N4O/c1-12-7-26-16(27-8-12)9-25-11-18(24)4-5-28(19(20,21)10-18)17(29)13-2-3-15(23)14(22)6-13/h2-3,6-8,25H,4-5,9-11,20-21H2,1H3. The Morgan fingerprint density at radius 1 is 1.34 bits per heavy atom. The number of hydrogen-bond acceptors (Lipinski definition) is 4. The van der Waals surface area contributed by atoms with Crippen LogP contribution in [0.25, 0.3) is 0 Å². The summed E-state index contributed by atoms with van der Waals surface area (Å²) in [5, 5.41) is 2.29. The van der Waals surface area contributed by atoms with Crippen LogP contribution in [0.5, 0.6) is 0 Å². The largest absolute Gasteiger partial charge is 0.349 e. The van der Waals surface area contributed by atoms with Crippen LogP contribution in [0, 0.1) is 12.7 Å². The molecule has 3 rings (SSSR count). The number of amides is 1. The zero-order valence-corrected chi connectivity index (χ0v) is 17.6. The highest BCUT2D eigenvalue weighted by Crippen LogP contribution is 2.35. The molecule has 1 aliphatic heterocycles. The molecular formula is C19H23B2ClF2N4O. The van der Waals surface area contributed by atoms with Crippen molar-refractivity contribution in [3.63, 3.8) is 0 Å². The normalized spacial score (nSPS) is 21.2. The number of aryl methyl sites for hydroxylation is 1. The third-order valence-corrected chi connectivity index (χ3v) is 5.52. The van der Waals surface area contributed by atoms with Crippen molar-refractivity contribution in [1.82, 2.24) is 20.2 Å². The predicted octanol–water partition coefficient (Wildman–Crippen LogP) is 1.23. The van der Waals surface area contributed by atoms with Gasteiger partial charge in [-0.1, -0.05) is 11.6 Å². The number of aromatic nitrogens is 2. The van der Waals surface area contributed by atoms with Crippen LogP contribution in [0.1, 0.15) is 34.6 Å². The van der Waals surface area contributed by atoms with Gasteiger partial charge in [0.25, 0.3) is 5.91 Å². The number of nitrogens with one attached hydrogen (secondary N) is 1. The third kappa shape index (κ3) is 5.14. The van der Waals surface area contributed by atoms with Crippen LogP contribution in [-0.2, 0) is 6.54 Å². The second-order valence-corrected chi connectivity index (χ2v) is 8.66. The highest BCUT2D eigenvalue weighted by atomic mass is 35.5. The quantitative estimate of drug-likeness (QED) is 0.743. The third-order valence-electron chi connectivity index (χ3n) is 5.23. The topological polar surface area (TPSA) is 58.1 Å². The maximum absolute atomic E-state index is 15.5. The Morgan fingerprint density at radius 3 is 2.66 bits per heavy atom. The molecule has 1 fully saturated rings. The molecular weight excluding hydrogens is 395 g/mol. The predicted molar refractivity (Wildman–Crippen MR) is 114 cm³/mol. The van der Waals surface area contributed by atoms with Gasteiger partial charge >= 0.3 is 0 Å². The lowest BCUT2D eigenvalue weighted by Gasteiger charge is -2.49. The van der Waals surface area contributed by atoms with Gasteiger partial charge in [-0.25, -0.2) is 18.7 Å². The number of alkyl halides is 1. The summed E-state index contributed by atoms with van der Waals surface area (Å²) in [6.07, 6.45) is 3.84. The molecule has 2 aromatic rings. The second kappa shape index (κ2) is 8.40. The molecule has 1 aromatic heterocycles. The number of halogens is 3. The summed E-state index contributed by atoms with van der Waals surface area (Å²) in [6, 6.07) is 3.89. The molecule has 1 amide bonds. The summed E-state index contributed by atoms with van der Waals surface area (Å²) in [6.45, 7) is 2.70. The molecule has 1 atom stereocenters. The molecule has 0 radical (unpaired) electrons. The lowest BCUT2D eigenvalue weighted by molar-refractivity contribution is 0.0252.